The highest BCUT2D eigenvalue weighted by Crippen LogP contribution is 2.50. The minimum absolute atomic E-state index is 0.260. The van der Waals surface area contributed by atoms with Crippen molar-refractivity contribution in [3.8, 4) is 73.6 Å². The predicted molar refractivity (Wildman–Crippen MR) is 205 cm³/mol. The monoisotopic (exact) mass is 653 g/mol. The summed E-state index contributed by atoms with van der Waals surface area (Å²) in [6.07, 6.45) is 3.73. The summed E-state index contributed by atoms with van der Waals surface area (Å²) in [6.45, 7) is 4.49. The van der Waals surface area contributed by atoms with Crippen molar-refractivity contribution in [3.63, 3.8) is 0 Å². The Morgan fingerprint density at radius 3 is 1.67 bits per heavy atom. The van der Waals surface area contributed by atoms with Crippen LogP contribution in [0.2, 0.25) is 0 Å². The van der Waals surface area contributed by atoms with E-state index in [1.54, 1.807) is 0 Å². The molecular weight excluding hydrogens is 623 g/mol. The molecule has 0 unspecified atom stereocenters. The van der Waals surface area contributed by atoms with Crippen molar-refractivity contribution in [2.24, 2.45) is 0 Å². The smallest absolute Gasteiger partial charge is 0.164 e. The van der Waals surface area contributed by atoms with E-state index in [0.717, 1.165) is 49.7 Å². The van der Waals surface area contributed by atoms with E-state index in [0.29, 0.717) is 23.0 Å². The highest BCUT2D eigenvalue weighted by molar-refractivity contribution is 5.90. The third kappa shape index (κ3) is 5.35. The third-order valence-electron chi connectivity index (χ3n) is 10.0. The lowest BCUT2D eigenvalue weighted by atomic mass is 9.81. The maximum Gasteiger partial charge on any atom is 0.164 e. The van der Waals surface area contributed by atoms with E-state index in [9.17, 15) is 5.26 Å². The van der Waals surface area contributed by atoms with Crippen molar-refractivity contribution < 1.29 is 0 Å². The van der Waals surface area contributed by atoms with Gasteiger partial charge in [-0.3, -0.25) is 4.98 Å². The zero-order chi connectivity index (χ0) is 34.5. The highest BCUT2D eigenvalue weighted by atomic mass is 15.0. The number of benzene rings is 6. The Hall–Kier alpha value is -6.77. The number of aromatic nitrogens is 4. The Balaban J connectivity index is 1.25. The topological polar surface area (TPSA) is 75.3 Å². The van der Waals surface area contributed by atoms with Crippen LogP contribution in [0.1, 0.15) is 30.5 Å². The fraction of sp³-hybridized carbons (Fsp3) is 0.0652. The zero-order valence-corrected chi connectivity index (χ0v) is 28.2. The molecule has 5 nitrogen and oxygen atoms in total. The number of nitrogens with zero attached hydrogens (tertiary/aromatic N) is 5. The van der Waals surface area contributed by atoms with Crippen molar-refractivity contribution in [2.75, 3.05) is 0 Å². The molecule has 0 bridgehead atoms. The summed E-state index contributed by atoms with van der Waals surface area (Å²) in [6, 6.07) is 50.4. The molecule has 0 atom stereocenters. The van der Waals surface area contributed by atoms with Gasteiger partial charge in [-0.25, -0.2) is 15.0 Å². The molecule has 6 aromatic carbocycles. The SMILES string of the molecule is CC1(C)c2cc(C#N)ccc2-c2ccc(-c3cc(-c4ccc5cnccc5c4)cc(-c4nc(-c5ccccc5)nc(-c5ccccc5)n4)c3)cc21. The van der Waals surface area contributed by atoms with Crippen molar-refractivity contribution in [1.29, 1.82) is 5.26 Å². The lowest BCUT2D eigenvalue weighted by molar-refractivity contribution is 0.660. The summed E-state index contributed by atoms with van der Waals surface area (Å²) in [4.78, 5) is 19.4. The molecule has 1 aliphatic carbocycles. The molecule has 0 saturated carbocycles. The molecule has 0 radical (unpaired) electrons. The van der Waals surface area contributed by atoms with E-state index in [2.05, 4.69) is 85.6 Å². The molecule has 240 valence electrons. The Bertz CT molecular complexity index is 2620. The van der Waals surface area contributed by atoms with Gasteiger partial charge < -0.3 is 0 Å². The fourth-order valence-electron chi connectivity index (χ4n) is 7.28. The van der Waals surface area contributed by atoms with E-state index < -0.39 is 0 Å². The first kappa shape index (κ1) is 30.3. The Morgan fingerprint density at radius 1 is 0.471 bits per heavy atom. The molecular formula is C46H31N5. The van der Waals surface area contributed by atoms with Crippen LogP contribution < -0.4 is 0 Å². The van der Waals surface area contributed by atoms with Crippen LogP contribution in [0.3, 0.4) is 0 Å². The molecule has 1 aliphatic rings. The van der Waals surface area contributed by atoms with E-state index in [-0.39, 0.29) is 5.41 Å². The summed E-state index contributed by atoms with van der Waals surface area (Å²) in [5.74, 6) is 1.85. The minimum Gasteiger partial charge on any atom is -0.264 e. The molecule has 2 heterocycles. The summed E-state index contributed by atoms with van der Waals surface area (Å²) >= 11 is 0. The van der Waals surface area contributed by atoms with E-state index in [1.165, 1.54) is 22.3 Å². The van der Waals surface area contributed by atoms with Crippen LogP contribution in [0, 0.1) is 11.3 Å². The molecule has 5 heteroatoms. The van der Waals surface area contributed by atoms with Crippen molar-refractivity contribution in [1.82, 2.24) is 19.9 Å². The van der Waals surface area contributed by atoms with Gasteiger partial charge in [-0.15, -0.1) is 0 Å². The second-order valence-electron chi connectivity index (χ2n) is 13.5. The molecule has 0 aliphatic heterocycles. The number of pyridine rings is 1. The lowest BCUT2D eigenvalue weighted by Crippen LogP contribution is -2.15. The largest absolute Gasteiger partial charge is 0.264 e. The first-order valence-corrected chi connectivity index (χ1v) is 17.0. The van der Waals surface area contributed by atoms with Crippen molar-refractivity contribution in [3.05, 3.63) is 169 Å². The van der Waals surface area contributed by atoms with Crippen LogP contribution in [0.4, 0.5) is 0 Å². The van der Waals surface area contributed by atoms with Crippen LogP contribution in [0.15, 0.2) is 152 Å². The molecule has 0 fully saturated rings. The second-order valence-corrected chi connectivity index (χ2v) is 13.5. The fourth-order valence-corrected chi connectivity index (χ4v) is 7.28. The van der Waals surface area contributed by atoms with Gasteiger partial charge in [0.1, 0.15) is 0 Å². The molecule has 51 heavy (non-hydrogen) atoms. The average Bonchev–Trinajstić information content (AvgIpc) is 3.42. The molecule has 0 amide bonds. The standard InChI is InChI=1S/C46H31N5/c1-46(2)41-21-29(27-47)13-17-39(41)40-18-16-33(26-42(40)46)37-23-36(32-14-15-35-28-48-20-19-34(35)22-32)24-38(25-37)45-50-43(30-9-5-3-6-10-30)49-44(51-45)31-11-7-4-8-12-31/h3-26,28H,1-2H3. The molecule has 0 spiro atoms. The molecule has 9 rings (SSSR count). The van der Waals surface area contributed by atoms with E-state index in [1.807, 2.05) is 91.3 Å². The second kappa shape index (κ2) is 12.0. The average molecular weight is 654 g/mol. The predicted octanol–water partition coefficient (Wildman–Crippen LogP) is 10.9. The van der Waals surface area contributed by atoms with Crippen LogP contribution in [0.5, 0.6) is 0 Å². The van der Waals surface area contributed by atoms with Gasteiger partial charge in [0, 0.05) is 39.9 Å². The normalized spacial score (nSPS) is 12.6. The van der Waals surface area contributed by atoms with Crippen LogP contribution in [-0.2, 0) is 5.41 Å². The molecule has 0 N–H and O–H groups in total. The quantitative estimate of drug-likeness (QED) is 0.185. The van der Waals surface area contributed by atoms with E-state index >= 15 is 0 Å². The molecule has 8 aromatic rings. The van der Waals surface area contributed by atoms with Gasteiger partial charge in [0.05, 0.1) is 11.6 Å². The summed E-state index contributed by atoms with van der Waals surface area (Å²) in [5.41, 5.74) is 12.3. The Kier molecular flexibility index (Phi) is 7.12. The first-order valence-electron chi connectivity index (χ1n) is 17.0. The Labute approximate surface area is 296 Å². The van der Waals surface area contributed by atoms with Crippen LogP contribution in [0.25, 0.3) is 78.3 Å². The van der Waals surface area contributed by atoms with Gasteiger partial charge in [-0.1, -0.05) is 105 Å². The zero-order valence-electron chi connectivity index (χ0n) is 28.2. The van der Waals surface area contributed by atoms with Crippen LogP contribution in [-0.4, -0.2) is 19.9 Å². The maximum absolute atomic E-state index is 9.64. The number of hydrogen-bond donors (Lipinski definition) is 0. The van der Waals surface area contributed by atoms with E-state index in [4.69, 9.17) is 15.0 Å². The lowest BCUT2D eigenvalue weighted by Gasteiger charge is -2.22. The van der Waals surface area contributed by atoms with Gasteiger partial charge in [-0.2, -0.15) is 5.26 Å². The van der Waals surface area contributed by atoms with Crippen LogP contribution >= 0.6 is 0 Å². The maximum atomic E-state index is 9.64. The Morgan fingerprint density at radius 2 is 1.02 bits per heavy atom. The summed E-state index contributed by atoms with van der Waals surface area (Å²) in [5, 5.41) is 11.9. The molecule has 0 saturated heterocycles. The number of nitriles is 1. The number of rotatable bonds is 5. The third-order valence-corrected chi connectivity index (χ3v) is 10.0. The minimum atomic E-state index is -0.260. The summed E-state index contributed by atoms with van der Waals surface area (Å²) < 4.78 is 0. The van der Waals surface area contributed by atoms with Gasteiger partial charge in [-0.05, 0) is 98.4 Å². The van der Waals surface area contributed by atoms with Gasteiger partial charge in [0.25, 0.3) is 0 Å². The van der Waals surface area contributed by atoms with Gasteiger partial charge in [0.2, 0.25) is 0 Å². The highest BCUT2D eigenvalue weighted by Gasteiger charge is 2.36. The molecule has 2 aromatic heterocycles. The van der Waals surface area contributed by atoms with Crippen molar-refractivity contribution in [2.45, 2.75) is 19.3 Å². The van der Waals surface area contributed by atoms with Gasteiger partial charge in [0.15, 0.2) is 17.5 Å². The van der Waals surface area contributed by atoms with Crippen molar-refractivity contribution >= 4 is 10.8 Å². The van der Waals surface area contributed by atoms with Gasteiger partial charge >= 0.3 is 0 Å². The number of fused-ring (bicyclic) bond motifs is 4. The summed E-state index contributed by atoms with van der Waals surface area (Å²) in [7, 11) is 0. The number of hydrogen-bond acceptors (Lipinski definition) is 5. The first-order chi connectivity index (χ1) is 24.9.